The van der Waals surface area contributed by atoms with Crippen molar-refractivity contribution in [2.45, 2.75) is 50.5 Å². The molecule has 2 rings (SSSR count). The second-order valence-electron chi connectivity index (χ2n) is 5.85. The minimum atomic E-state index is -3.41. The molecule has 0 spiro atoms. The molecular weight excluding hydrogens is 300 g/mol. The van der Waals surface area contributed by atoms with Gasteiger partial charge in [0.2, 0.25) is 15.9 Å². The predicted molar refractivity (Wildman–Crippen MR) is 86.0 cm³/mol. The number of benzene rings is 1. The van der Waals surface area contributed by atoms with Crippen LogP contribution in [0.2, 0.25) is 0 Å². The van der Waals surface area contributed by atoms with Crippen molar-refractivity contribution in [1.82, 2.24) is 9.62 Å². The molecule has 1 aliphatic heterocycles. The van der Waals surface area contributed by atoms with Crippen molar-refractivity contribution in [3.8, 4) is 0 Å². The maximum absolute atomic E-state index is 12.8. The summed E-state index contributed by atoms with van der Waals surface area (Å²) in [5.74, 6) is -0.0458. The number of sulfonamides is 1. The fourth-order valence-corrected chi connectivity index (χ4v) is 4.59. The van der Waals surface area contributed by atoms with Crippen LogP contribution in [0.15, 0.2) is 29.2 Å². The minimum absolute atomic E-state index is 0.0417. The van der Waals surface area contributed by atoms with E-state index < -0.39 is 10.0 Å². The first-order chi connectivity index (χ1) is 10.4. The third kappa shape index (κ3) is 4.08. The summed E-state index contributed by atoms with van der Waals surface area (Å²) < 4.78 is 27.1. The summed E-state index contributed by atoms with van der Waals surface area (Å²) >= 11 is 0. The summed E-state index contributed by atoms with van der Waals surface area (Å²) in [6.07, 6.45) is 3.37. The van der Waals surface area contributed by atoms with Crippen LogP contribution in [0.1, 0.15) is 38.2 Å². The van der Waals surface area contributed by atoms with Crippen LogP contribution >= 0.6 is 0 Å². The second-order valence-corrected chi connectivity index (χ2v) is 7.74. The molecule has 0 aliphatic carbocycles. The Labute approximate surface area is 132 Å². The molecule has 22 heavy (non-hydrogen) atoms. The van der Waals surface area contributed by atoms with Crippen LogP contribution in [0.25, 0.3) is 0 Å². The van der Waals surface area contributed by atoms with Crippen molar-refractivity contribution in [2.24, 2.45) is 0 Å². The Hall–Kier alpha value is -1.40. The van der Waals surface area contributed by atoms with Gasteiger partial charge in [0.05, 0.1) is 4.90 Å². The average Bonchev–Trinajstić information content (AvgIpc) is 2.93. The van der Waals surface area contributed by atoms with Crippen molar-refractivity contribution >= 4 is 15.9 Å². The highest BCUT2D eigenvalue weighted by Gasteiger charge is 2.34. The van der Waals surface area contributed by atoms with E-state index in [4.69, 9.17) is 0 Å². The van der Waals surface area contributed by atoms with Crippen LogP contribution in [-0.2, 0) is 14.8 Å². The number of nitrogens with zero attached hydrogens (tertiary/aromatic N) is 1. The second kappa shape index (κ2) is 7.24. The Morgan fingerprint density at radius 1 is 1.32 bits per heavy atom. The minimum Gasteiger partial charge on any atom is -0.356 e. The van der Waals surface area contributed by atoms with E-state index in [-0.39, 0.29) is 11.9 Å². The van der Waals surface area contributed by atoms with Gasteiger partial charge in [-0.1, -0.05) is 17.7 Å². The van der Waals surface area contributed by atoms with E-state index in [9.17, 15) is 13.2 Å². The number of carbonyl (C=O) groups is 1. The summed E-state index contributed by atoms with van der Waals surface area (Å²) in [7, 11) is -3.41. The zero-order chi connectivity index (χ0) is 16.2. The lowest BCUT2D eigenvalue weighted by Gasteiger charge is -2.24. The molecule has 1 saturated heterocycles. The van der Waals surface area contributed by atoms with Gasteiger partial charge in [0.15, 0.2) is 0 Å². The molecule has 1 unspecified atom stereocenters. The number of hydrogen-bond acceptors (Lipinski definition) is 3. The Kier molecular flexibility index (Phi) is 5.58. The lowest BCUT2D eigenvalue weighted by molar-refractivity contribution is -0.118. The van der Waals surface area contributed by atoms with Gasteiger partial charge in [-0.3, -0.25) is 4.79 Å². The number of carbonyl (C=O) groups excluding carboxylic acids is 1. The Balaban J connectivity index is 2.02. The average molecular weight is 324 g/mol. The van der Waals surface area contributed by atoms with Crippen molar-refractivity contribution in [3.05, 3.63) is 29.8 Å². The first-order valence-electron chi connectivity index (χ1n) is 7.74. The molecule has 1 fully saturated rings. The zero-order valence-corrected chi connectivity index (χ0v) is 14.0. The zero-order valence-electron chi connectivity index (χ0n) is 13.2. The third-order valence-electron chi connectivity index (χ3n) is 4.04. The van der Waals surface area contributed by atoms with Crippen LogP contribution in [-0.4, -0.2) is 37.8 Å². The van der Waals surface area contributed by atoms with Crippen LogP contribution in [0.5, 0.6) is 0 Å². The summed E-state index contributed by atoms with van der Waals surface area (Å²) in [5, 5.41) is 2.75. The quantitative estimate of drug-likeness (QED) is 0.815. The first-order valence-corrected chi connectivity index (χ1v) is 9.18. The Bertz CT molecular complexity index is 611. The van der Waals surface area contributed by atoms with E-state index in [0.717, 1.165) is 31.2 Å². The molecule has 0 bridgehead atoms. The Morgan fingerprint density at radius 2 is 2.00 bits per heavy atom. The van der Waals surface area contributed by atoms with Gasteiger partial charge in [-0.2, -0.15) is 4.31 Å². The van der Waals surface area contributed by atoms with E-state index >= 15 is 0 Å². The number of rotatable bonds is 6. The van der Waals surface area contributed by atoms with Gasteiger partial charge in [0, 0.05) is 26.1 Å². The highest BCUT2D eigenvalue weighted by Crippen LogP contribution is 2.28. The number of nitrogens with one attached hydrogen (secondary N) is 1. The molecule has 0 saturated carbocycles. The molecule has 0 radical (unpaired) electrons. The van der Waals surface area contributed by atoms with Gasteiger partial charge >= 0.3 is 0 Å². The molecule has 1 N–H and O–H groups in total. The first kappa shape index (κ1) is 17.0. The highest BCUT2D eigenvalue weighted by molar-refractivity contribution is 7.89. The van der Waals surface area contributed by atoms with Gasteiger partial charge in [0.1, 0.15) is 0 Å². The molecule has 1 atom stereocenters. The highest BCUT2D eigenvalue weighted by atomic mass is 32.2. The molecular formula is C16H24N2O3S. The SMILES string of the molecule is CC(=O)NCCCC1CCCN1S(=O)(=O)c1ccc(C)cc1. The van der Waals surface area contributed by atoms with E-state index in [1.807, 2.05) is 19.1 Å². The summed E-state index contributed by atoms with van der Waals surface area (Å²) in [6.45, 7) is 4.62. The number of aryl methyl sites for hydroxylation is 1. The topological polar surface area (TPSA) is 66.5 Å². The summed E-state index contributed by atoms with van der Waals surface area (Å²) in [4.78, 5) is 11.2. The maximum Gasteiger partial charge on any atom is 0.243 e. The smallest absolute Gasteiger partial charge is 0.243 e. The molecule has 1 amide bonds. The van der Waals surface area contributed by atoms with Crippen molar-refractivity contribution in [2.75, 3.05) is 13.1 Å². The predicted octanol–water partition coefficient (Wildman–Crippen LogP) is 2.06. The largest absolute Gasteiger partial charge is 0.356 e. The molecule has 1 aromatic carbocycles. The lowest BCUT2D eigenvalue weighted by Crippen LogP contribution is -2.36. The van der Waals surface area contributed by atoms with Crippen molar-refractivity contribution in [3.63, 3.8) is 0 Å². The third-order valence-corrected chi connectivity index (χ3v) is 6.00. The number of hydrogen-bond donors (Lipinski definition) is 1. The van der Waals surface area contributed by atoms with Gasteiger partial charge in [0.25, 0.3) is 0 Å². The van der Waals surface area contributed by atoms with Gasteiger partial charge in [-0.25, -0.2) is 8.42 Å². The summed E-state index contributed by atoms with van der Waals surface area (Å²) in [6, 6.07) is 7.05. The fourth-order valence-electron chi connectivity index (χ4n) is 2.86. The monoisotopic (exact) mass is 324 g/mol. The molecule has 6 heteroatoms. The molecule has 122 valence electrons. The molecule has 1 aliphatic rings. The van der Waals surface area contributed by atoms with Gasteiger partial charge in [-0.15, -0.1) is 0 Å². The molecule has 0 aromatic heterocycles. The normalized spacial score (nSPS) is 19.3. The van der Waals surface area contributed by atoms with Gasteiger partial charge in [-0.05, 0) is 44.7 Å². The van der Waals surface area contributed by atoms with E-state index in [1.54, 1.807) is 16.4 Å². The van der Waals surface area contributed by atoms with Crippen LogP contribution in [0.4, 0.5) is 0 Å². The van der Waals surface area contributed by atoms with E-state index in [0.29, 0.717) is 18.0 Å². The Morgan fingerprint density at radius 3 is 2.64 bits per heavy atom. The molecule has 5 nitrogen and oxygen atoms in total. The van der Waals surface area contributed by atoms with Crippen LogP contribution in [0, 0.1) is 6.92 Å². The standard InChI is InChI=1S/C16H24N2O3S/c1-13-7-9-16(10-8-13)22(20,21)18-12-4-6-15(18)5-3-11-17-14(2)19/h7-10,15H,3-6,11-12H2,1-2H3,(H,17,19). The molecule has 1 heterocycles. The van der Waals surface area contributed by atoms with Crippen molar-refractivity contribution < 1.29 is 13.2 Å². The van der Waals surface area contributed by atoms with E-state index in [2.05, 4.69) is 5.32 Å². The van der Waals surface area contributed by atoms with Crippen molar-refractivity contribution in [1.29, 1.82) is 0 Å². The molecule has 1 aromatic rings. The maximum atomic E-state index is 12.8. The lowest BCUT2D eigenvalue weighted by atomic mass is 10.1. The van der Waals surface area contributed by atoms with E-state index in [1.165, 1.54) is 6.92 Å². The summed E-state index contributed by atoms with van der Waals surface area (Å²) in [5.41, 5.74) is 1.05. The van der Waals surface area contributed by atoms with Crippen LogP contribution < -0.4 is 5.32 Å². The van der Waals surface area contributed by atoms with Gasteiger partial charge < -0.3 is 5.32 Å². The number of amides is 1. The fraction of sp³-hybridized carbons (Fsp3) is 0.562. The van der Waals surface area contributed by atoms with Crippen LogP contribution in [0.3, 0.4) is 0 Å².